The zero-order valence-electron chi connectivity index (χ0n) is 27.3. The zero-order chi connectivity index (χ0) is 32.0. The van der Waals surface area contributed by atoms with Gasteiger partial charge in [0.1, 0.15) is 6.04 Å². The van der Waals surface area contributed by atoms with Crippen LogP contribution in [-0.4, -0.2) is 71.5 Å². The van der Waals surface area contributed by atoms with Gasteiger partial charge in [-0.3, -0.25) is 19.2 Å². The van der Waals surface area contributed by atoms with Crippen molar-refractivity contribution in [2.24, 2.45) is 23.7 Å². The third-order valence-corrected chi connectivity index (χ3v) is 7.13. The number of benzene rings is 1. The molecular formula is C33H56N4O5. The van der Waals surface area contributed by atoms with Gasteiger partial charge in [-0.1, -0.05) is 68.4 Å². The van der Waals surface area contributed by atoms with Gasteiger partial charge in [-0.25, -0.2) is 0 Å². The van der Waals surface area contributed by atoms with E-state index in [-0.39, 0.29) is 41.9 Å². The van der Waals surface area contributed by atoms with Gasteiger partial charge in [-0.05, 0) is 61.6 Å². The lowest BCUT2D eigenvalue weighted by atomic mass is 9.91. The predicted molar refractivity (Wildman–Crippen MR) is 168 cm³/mol. The fourth-order valence-corrected chi connectivity index (χ4v) is 4.78. The molecule has 4 atom stereocenters. The van der Waals surface area contributed by atoms with E-state index >= 15 is 0 Å². The number of nitrogens with one attached hydrogen (secondary N) is 3. The van der Waals surface area contributed by atoms with Gasteiger partial charge in [0.2, 0.25) is 11.8 Å². The second-order valence-corrected chi connectivity index (χ2v) is 12.7. The SMILES string of the molecule is CCCN(CCC)C(=O)c1cccc(C(=O)N[C@@H](CC(C)C)[C@@H](O)C[C@@H](C)C(=O)NC(C(=O)NCC(C)C)C(C)C)c1. The van der Waals surface area contributed by atoms with Crippen LogP contribution in [0.25, 0.3) is 0 Å². The number of hydrogen-bond acceptors (Lipinski definition) is 5. The fourth-order valence-electron chi connectivity index (χ4n) is 4.78. The lowest BCUT2D eigenvalue weighted by Crippen LogP contribution is -2.52. The minimum absolute atomic E-state index is 0.107. The minimum atomic E-state index is -0.987. The Kier molecular flexibility index (Phi) is 16.4. The van der Waals surface area contributed by atoms with Crippen LogP contribution in [0.1, 0.15) is 109 Å². The molecule has 1 aromatic carbocycles. The van der Waals surface area contributed by atoms with Crippen LogP contribution < -0.4 is 16.0 Å². The molecule has 238 valence electrons. The van der Waals surface area contributed by atoms with Crippen LogP contribution in [0.15, 0.2) is 24.3 Å². The van der Waals surface area contributed by atoms with Gasteiger partial charge in [0.05, 0.1) is 12.1 Å². The summed E-state index contributed by atoms with van der Waals surface area (Å²) in [7, 11) is 0. The Balaban J connectivity index is 2.98. The molecule has 42 heavy (non-hydrogen) atoms. The number of carbonyl (C=O) groups is 4. The summed E-state index contributed by atoms with van der Waals surface area (Å²) in [4.78, 5) is 53.9. The van der Waals surface area contributed by atoms with Gasteiger partial charge in [0.25, 0.3) is 11.8 Å². The molecule has 0 aliphatic heterocycles. The van der Waals surface area contributed by atoms with Crippen molar-refractivity contribution in [3.8, 4) is 0 Å². The number of amides is 4. The number of nitrogens with zero attached hydrogens (tertiary/aromatic N) is 1. The number of rotatable bonds is 18. The van der Waals surface area contributed by atoms with Crippen molar-refractivity contribution in [1.29, 1.82) is 0 Å². The molecular weight excluding hydrogens is 532 g/mol. The summed E-state index contributed by atoms with van der Waals surface area (Å²) in [5, 5.41) is 19.8. The van der Waals surface area contributed by atoms with Gasteiger partial charge >= 0.3 is 0 Å². The third kappa shape index (κ3) is 12.5. The maximum absolute atomic E-state index is 13.3. The summed E-state index contributed by atoms with van der Waals surface area (Å²) >= 11 is 0. The van der Waals surface area contributed by atoms with E-state index in [1.807, 2.05) is 55.4 Å². The number of hydrogen-bond donors (Lipinski definition) is 4. The van der Waals surface area contributed by atoms with Crippen molar-refractivity contribution in [2.75, 3.05) is 19.6 Å². The molecule has 4 amide bonds. The molecule has 0 fully saturated rings. The molecule has 0 bridgehead atoms. The predicted octanol–water partition coefficient (Wildman–Crippen LogP) is 4.39. The average molecular weight is 589 g/mol. The first-order valence-electron chi connectivity index (χ1n) is 15.7. The summed E-state index contributed by atoms with van der Waals surface area (Å²) in [6.07, 6.45) is 1.33. The van der Waals surface area contributed by atoms with E-state index in [0.717, 1.165) is 12.8 Å². The summed E-state index contributed by atoms with van der Waals surface area (Å²) in [6.45, 7) is 19.3. The maximum Gasteiger partial charge on any atom is 0.253 e. The minimum Gasteiger partial charge on any atom is -0.391 e. The highest BCUT2D eigenvalue weighted by molar-refractivity contribution is 5.99. The van der Waals surface area contributed by atoms with Crippen LogP contribution in [0, 0.1) is 23.7 Å². The maximum atomic E-state index is 13.3. The Bertz CT molecular complexity index is 1000. The molecule has 9 heteroatoms. The summed E-state index contributed by atoms with van der Waals surface area (Å²) in [5.74, 6) is -1.27. The molecule has 0 spiro atoms. The smallest absolute Gasteiger partial charge is 0.253 e. The largest absolute Gasteiger partial charge is 0.391 e. The van der Waals surface area contributed by atoms with Crippen LogP contribution >= 0.6 is 0 Å². The lowest BCUT2D eigenvalue weighted by molar-refractivity contribution is -0.132. The van der Waals surface area contributed by atoms with Crippen LogP contribution in [0.2, 0.25) is 0 Å². The summed E-state index contributed by atoms with van der Waals surface area (Å²) < 4.78 is 0. The first kappa shape index (κ1) is 37.1. The Morgan fingerprint density at radius 2 is 1.40 bits per heavy atom. The van der Waals surface area contributed by atoms with Crippen molar-refractivity contribution in [3.05, 3.63) is 35.4 Å². The van der Waals surface area contributed by atoms with E-state index in [2.05, 4.69) is 16.0 Å². The second kappa shape index (κ2) is 18.6. The Morgan fingerprint density at radius 3 is 1.93 bits per heavy atom. The molecule has 0 saturated heterocycles. The lowest BCUT2D eigenvalue weighted by Gasteiger charge is -2.29. The molecule has 9 nitrogen and oxygen atoms in total. The van der Waals surface area contributed by atoms with E-state index in [4.69, 9.17) is 0 Å². The normalized spacial score (nSPS) is 14.3. The van der Waals surface area contributed by atoms with Crippen molar-refractivity contribution in [1.82, 2.24) is 20.9 Å². The zero-order valence-corrected chi connectivity index (χ0v) is 27.3. The summed E-state index contributed by atoms with van der Waals surface area (Å²) in [5.41, 5.74) is 0.792. The molecule has 0 radical (unpaired) electrons. The van der Waals surface area contributed by atoms with Crippen LogP contribution in [-0.2, 0) is 9.59 Å². The number of aliphatic hydroxyl groups is 1. The molecule has 4 N–H and O–H groups in total. The monoisotopic (exact) mass is 588 g/mol. The van der Waals surface area contributed by atoms with Gasteiger partial charge in [-0.2, -0.15) is 0 Å². The standard InChI is InChI=1S/C33H56N4O5/c1-10-15-37(16-11-2)33(42)26-14-12-13-25(19-26)31(40)35-27(17-21(3)4)28(38)18-24(9)30(39)36-29(23(7)8)32(41)34-20-22(5)6/h12-14,19,21-24,27-29,38H,10-11,15-18,20H2,1-9H3,(H,34,41)(H,35,40)(H,36,39)/t24-,27+,28+,29?/m1/s1. The molecule has 1 rings (SSSR count). The van der Waals surface area contributed by atoms with Crippen molar-refractivity contribution >= 4 is 23.6 Å². The average Bonchev–Trinajstić information content (AvgIpc) is 2.93. The van der Waals surface area contributed by atoms with E-state index in [0.29, 0.717) is 43.1 Å². The molecule has 0 aliphatic rings. The topological polar surface area (TPSA) is 128 Å². The number of aliphatic hydroxyl groups excluding tert-OH is 1. The first-order chi connectivity index (χ1) is 19.7. The highest BCUT2D eigenvalue weighted by atomic mass is 16.3. The van der Waals surface area contributed by atoms with Gasteiger partial charge in [-0.15, -0.1) is 0 Å². The fraction of sp³-hybridized carbons (Fsp3) is 0.697. The number of carbonyl (C=O) groups excluding carboxylic acids is 4. The first-order valence-corrected chi connectivity index (χ1v) is 15.7. The Morgan fingerprint density at radius 1 is 0.810 bits per heavy atom. The van der Waals surface area contributed by atoms with E-state index < -0.39 is 24.1 Å². The molecule has 0 aromatic heterocycles. The molecule has 1 unspecified atom stereocenters. The molecule has 0 aliphatic carbocycles. The molecule has 0 saturated carbocycles. The molecule has 1 aromatic rings. The Labute approximate surface area is 253 Å². The third-order valence-electron chi connectivity index (χ3n) is 7.13. The Hall–Kier alpha value is -2.94. The second-order valence-electron chi connectivity index (χ2n) is 12.7. The van der Waals surface area contributed by atoms with Gasteiger partial charge in [0.15, 0.2) is 0 Å². The quantitative estimate of drug-likeness (QED) is 0.202. The van der Waals surface area contributed by atoms with Gasteiger partial charge in [0, 0.05) is 36.7 Å². The van der Waals surface area contributed by atoms with Gasteiger partial charge < -0.3 is 26.0 Å². The van der Waals surface area contributed by atoms with Crippen LogP contribution in [0.4, 0.5) is 0 Å². The highest BCUT2D eigenvalue weighted by Crippen LogP contribution is 2.18. The van der Waals surface area contributed by atoms with Crippen molar-refractivity contribution in [3.63, 3.8) is 0 Å². The van der Waals surface area contributed by atoms with Crippen LogP contribution in [0.5, 0.6) is 0 Å². The van der Waals surface area contributed by atoms with E-state index in [1.54, 1.807) is 36.1 Å². The van der Waals surface area contributed by atoms with Crippen molar-refractivity contribution < 1.29 is 24.3 Å². The highest BCUT2D eigenvalue weighted by Gasteiger charge is 2.30. The van der Waals surface area contributed by atoms with E-state index in [1.165, 1.54) is 0 Å². The van der Waals surface area contributed by atoms with E-state index in [9.17, 15) is 24.3 Å². The van der Waals surface area contributed by atoms with Crippen LogP contribution in [0.3, 0.4) is 0 Å². The summed E-state index contributed by atoms with van der Waals surface area (Å²) in [6, 6.07) is 5.39. The molecule has 0 heterocycles. The van der Waals surface area contributed by atoms with Crippen molar-refractivity contribution in [2.45, 2.75) is 106 Å².